The Labute approximate surface area is 74.5 Å². The molecule has 2 aliphatic heterocycles. The third-order valence-corrected chi connectivity index (χ3v) is 3.76. The molecule has 0 spiro atoms. The summed E-state index contributed by atoms with van der Waals surface area (Å²) >= 11 is 0. The van der Waals surface area contributed by atoms with Crippen molar-refractivity contribution in [3.8, 4) is 0 Å². The zero-order valence-electron chi connectivity index (χ0n) is 8.30. The Hall–Kier alpha value is -0.400. The van der Waals surface area contributed by atoms with E-state index in [1.165, 1.54) is 25.7 Å². The van der Waals surface area contributed by atoms with Crippen molar-refractivity contribution in [2.75, 3.05) is 0 Å². The summed E-state index contributed by atoms with van der Waals surface area (Å²) in [5.74, 6) is 0.658. The van der Waals surface area contributed by atoms with E-state index < -0.39 is 0 Å². The Morgan fingerprint density at radius 2 is 1.58 bits per heavy atom. The van der Waals surface area contributed by atoms with Gasteiger partial charge in [-0.2, -0.15) is 10.2 Å². The van der Waals surface area contributed by atoms with Crippen LogP contribution in [0.4, 0.5) is 0 Å². The number of rotatable bonds is 1. The van der Waals surface area contributed by atoms with Crippen LogP contribution in [0.25, 0.3) is 0 Å². The van der Waals surface area contributed by atoms with Gasteiger partial charge in [0, 0.05) is 0 Å². The van der Waals surface area contributed by atoms with Crippen LogP contribution in [-0.4, -0.2) is 11.1 Å². The number of nitrogens with zero attached hydrogens (tertiary/aromatic N) is 2. The van der Waals surface area contributed by atoms with E-state index >= 15 is 0 Å². The monoisotopic (exact) mass is 166 g/mol. The SMILES string of the molecule is CC(C)C12CCC(C)(CC1)N=N2. The van der Waals surface area contributed by atoms with Crippen molar-refractivity contribution in [1.82, 2.24) is 0 Å². The van der Waals surface area contributed by atoms with Crippen molar-refractivity contribution in [2.45, 2.75) is 57.5 Å². The van der Waals surface area contributed by atoms with Crippen LogP contribution in [0.5, 0.6) is 0 Å². The fourth-order valence-electron chi connectivity index (χ4n) is 2.33. The van der Waals surface area contributed by atoms with E-state index in [4.69, 9.17) is 0 Å². The van der Waals surface area contributed by atoms with Crippen molar-refractivity contribution in [1.29, 1.82) is 0 Å². The molecule has 0 aromatic heterocycles. The Balaban J connectivity index is 2.28. The van der Waals surface area contributed by atoms with Crippen molar-refractivity contribution in [3.63, 3.8) is 0 Å². The standard InChI is InChI=1S/C10H18N2/c1-8(2)10-6-4-9(3,5-7-10)11-12-10/h8H,4-7H2,1-3H3. The first kappa shape index (κ1) is 8.21. The zero-order valence-corrected chi connectivity index (χ0v) is 8.30. The minimum absolute atomic E-state index is 0.205. The van der Waals surface area contributed by atoms with E-state index in [9.17, 15) is 0 Å². The summed E-state index contributed by atoms with van der Waals surface area (Å²) in [5, 5.41) is 8.97. The molecule has 2 heterocycles. The smallest absolute Gasteiger partial charge is 0.0840 e. The molecule has 0 atom stereocenters. The van der Waals surface area contributed by atoms with Crippen molar-refractivity contribution in [3.05, 3.63) is 0 Å². The lowest BCUT2D eigenvalue weighted by Crippen LogP contribution is -2.46. The van der Waals surface area contributed by atoms with Crippen molar-refractivity contribution in [2.24, 2.45) is 16.1 Å². The highest BCUT2D eigenvalue weighted by atomic mass is 15.2. The second-order valence-corrected chi connectivity index (χ2v) is 4.96. The van der Waals surface area contributed by atoms with E-state index in [0.717, 1.165) is 0 Å². The molecule has 12 heavy (non-hydrogen) atoms. The molecule has 2 nitrogen and oxygen atoms in total. The van der Waals surface area contributed by atoms with E-state index in [1.54, 1.807) is 0 Å². The highest BCUT2D eigenvalue weighted by molar-refractivity contribution is 5.04. The van der Waals surface area contributed by atoms with Gasteiger partial charge in [0.1, 0.15) is 0 Å². The Morgan fingerprint density at radius 1 is 1.00 bits per heavy atom. The first-order valence-electron chi connectivity index (χ1n) is 5.00. The molecule has 0 aromatic rings. The quantitative estimate of drug-likeness (QED) is 0.571. The van der Waals surface area contributed by atoms with Gasteiger partial charge in [0.05, 0.1) is 11.1 Å². The van der Waals surface area contributed by atoms with Crippen molar-refractivity contribution < 1.29 is 0 Å². The maximum atomic E-state index is 4.53. The second kappa shape index (κ2) is 2.30. The van der Waals surface area contributed by atoms with Crippen LogP contribution in [0, 0.1) is 5.92 Å². The average Bonchev–Trinajstić information content (AvgIpc) is 2.06. The maximum absolute atomic E-state index is 4.53. The van der Waals surface area contributed by atoms with Crippen LogP contribution >= 0.6 is 0 Å². The van der Waals surface area contributed by atoms with E-state index in [1.807, 2.05) is 0 Å². The lowest BCUT2D eigenvalue weighted by Gasteiger charge is -2.46. The minimum Gasteiger partial charge on any atom is -0.187 e. The molecule has 0 saturated heterocycles. The third kappa shape index (κ3) is 1.00. The van der Waals surface area contributed by atoms with E-state index in [0.29, 0.717) is 5.92 Å². The molecule has 3 aliphatic rings. The van der Waals surface area contributed by atoms with Gasteiger partial charge in [-0.25, -0.2) is 0 Å². The van der Waals surface area contributed by atoms with Gasteiger partial charge in [0.2, 0.25) is 0 Å². The summed E-state index contributed by atoms with van der Waals surface area (Å²) in [6.45, 7) is 6.78. The molecule has 1 aliphatic carbocycles. The van der Waals surface area contributed by atoms with Gasteiger partial charge in [-0.05, 0) is 38.5 Å². The van der Waals surface area contributed by atoms with Crippen molar-refractivity contribution >= 4 is 0 Å². The van der Waals surface area contributed by atoms with Gasteiger partial charge >= 0.3 is 0 Å². The molecule has 0 amide bonds. The molecule has 2 bridgehead atoms. The molecule has 0 radical (unpaired) electrons. The Bertz CT molecular complexity index is 210. The lowest BCUT2D eigenvalue weighted by atomic mass is 9.67. The summed E-state index contributed by atoms with van der Waals surface area (Å²) in [4.78, 5) is 0. The number of fused-ring (bicyclic) bond motifs is 2. The number of azo groups is 1. The van der Waals surface area contributed by atoms with Crippen LogP contribution < -0.4 is 0 Å². The third-order valence-electron chi connectivity index (χ3n) is 3.76. The average molecular weight is 166 g/mol. The van der Waals surface area contributed by atoms with Gasteiger partial charge in [-0.15, -0.1) is 0 Å². The minimum atomic E-state index is 0.205. The highest BCUT2D eigenvalue weighted by Crippen LogP contribution is 2.48. The number of hydrogen-bond donors (Lipinski definition) is 0. The molecule has 3 rings (SSSR count). The molecule has 0 N–H and O–H groups in total. The van der Waals surface area contributed by atoms with Gasteiger partial charge < -0.3 is 0 Å². The largest absolute Gasteiger partial charge is 0.187 e. The summed E-state index contributed by atoms with van der Waals surface area (Å²) in [7, 11) is 0. The van der Waals surface area contributed by atoms with Gasteiger partial charge in [-0.1, -0.05) is 13.8 Å². The summed E-state index contributed by atoms with van der Waals surface area (Å²) < 4.78 is 0. The lowest BCUT2D eigenvalue weighted by molar-refractivity contribution is 0.113. The summed E-state index contributed by atoms with van der Waals surface area (Å²) in [6, 6.07) is 0. The van der Waals surface area contributed by atoms with Crippen LogP contribution in [0.3, 0.4) is 0 Å². The molecular formula is C10H18N2. The Kier molecular flexibility index (Phi) is 1.57. The second-order valence-electron chi connectivity index (χ2n) is 4.96. The number of hydrogen-bond acceptors (Lipinski definition) is 2. The van der Waals surface area contributed by atoms with E-state index in [-0.39, 0.29) is 11.1 Å². The predicted molar refractivity (Wildman–Crippen MR) is 49.3 cm³/mol. The van der Waals surface area contributed by atoms with Crippen LogP contribution in [0.15, 0.2) is 10.2 Å². The molecule has 68 valence electrons. The van der Waals surface area contributed by atoms with Gasteiger partial charge in [0.15, 0.2) is 0 Å². The molecule has 1 saturated carbocycles. The van der Waals surface area contributed by atoms with E-state index in [2.05, 4.69) is 31.0 Å². The Morgan fingerprint density at radius 3 is 1.92 bits per heavy atom. The molecule has 0 unspecified atom stereocenters. The fourth-order valence-corrected chi connectivity index (χ4v) is 2.33. The van der Waals surface area contributed by atoms with Gasteiger partial charge in [-0.3, -0.25) is 0 Å². The topological polar surface area (TPSA) is 24.7 Å². The van der Waals surface area contributed by atoms with Gasteiger partial charge in [0.25, 0.3) is 0 Å². The predicted octanol–water partition coefficient (Wildman–Crippen LogP) is 3.18. The molecule has 0 aromatic carbocycles. The summed E-state index contributed by atoms with van der Waals surface area (Å²) in [5.41, 5.74) is 0.425. The van der Waals surface area contributed by atoms with Crippen LogP contribution in [0.1, 0.15) is 46.5 Å². The molecule has 1 fully saturated rings. The molecular weight excluding hydrogens is 148 g/mol. The first-order chi connectivity index (χ1) is 5.56. The van der Waals surface area contributed by atoms with Crippen LogP contribution in [0.2, 0.25) is 0 Å². The zero-order chi connectivity index (χ0) is 8.82. The highest BCUT2D eigenvalue weighted by Gasteiger charge is 2.46. The summed E-state index contributed by atoms with van der Waals surface area (Å²) in [6.07, 6.45) is 5.00. The fraction of sp³-hybridized carbons (Fsp3) is 1.00. The molecule has 2 heteroatoms. The first-order valence-corrected chi connectivity index (χ1v) is 5.00. The van der Waals surface area contributed by atoms with Crippen LogP contribution in [-0.2, 0) is 0 Å². The maximum Gasteiger partial charge on any atom is 0.0840 e. The normalized spacial score (nSPS) is 45.7.